The van der Waals surface area contributed by atoms with Gasteiger partial charge in [0.2, 0.25) is 0 Å². The van der Waals surface area contributed by atoms with Crippen molar-refractivity contribution < 1.29 is 57.3 Å². The van der Waals surface area contributed by atoms with E-state index in [1.807, 2.05) is 0 Å². The maximum absolute atomic E-state index is 12.3. The van der Waals surface area contributed by atoms with Crippen LogP contribution in [0.3, 0.4) is 0 Å². The van der Waals surface area contributed by atoms with Crippen LogP contribution in [-0.4, -0.2) is 145 Å². The van der Waals surface area contributed by atoms with E-state index in [-0.39, 0.29) is 55.2 Å². The van der Waals surface area contributed by atoms with E-state index in [1.54, 1.807) is 24.3 Å². The van der Waals surface area contributed by atoms with Gasteiger partial charge in [0.25, 0.3) is 23.2 Å². The van der Waals surface area contributed by atoms with Gasteiger partial charge in [0.05, 0.1) is 139 Å². The van der Waals surface area contributed by atoms with Gasteiger partial charge in [0, 0.05) is 12.6 Å². The van der Waals surface area contributed by atoms with Crippen LogP contribution >= 0.6 is 0 Å². The number of amides is 2. The molecule has 0 unspecified atom stereocenters. The number of hydrogen-bond acceptors (Lipinski definition) is 15. The highest BCUT2D eigenvalue weighted by molar-refractivity contribution is 6.21. The van der Waals surface area contributed by atoms with Crippen LogP contribution in [0, 0.1) is 20.2 Å². The van der Waals surface area contributed by atoms with E-state index in [2.05, 4.69) is 5.32 Å². The quantitative estimate of drug-likeness (QED) is 0.0534. The molecule has 18 heteroatoms. The number of fused-ring (bicyclic) bond motifs is 1. The molecule has 1 aliphatic heterocycles. The predicted octanol–water partition coefficient (Wildman–Crippen LogP) is 2.34. The second kappa shape index (κ2) is 24.1. The molecule has 0 fully saturated rings. The van der Waals surface area contributed by atoms with Crippen LogP contribution < -0.4 is 5.32 Å². The molecule has 2 aromatic rings. The molecular formula is C32H44N4O14. The molecule has 0 spiro atoms. The second-order valence-electron chi connectivity index (χ2n) is 10.3. The zero-order valence-electron chi connectivity index (χ0n) is 27.8. The molecule has 2 amide bonds. The van der Waals surface area contributed by atoms with Crippen molar-refractivity contribution in [1.29, 1.82) is 0 Å². The maximum Gasteiger partial charge on any atom is 0.299 e. The number of rotatable bonds is 30. The molecule has 0 bridgehead atoms. The fraction of sp³-hybridized carbons (Fsp3) is 0.562. The summed E-state index contributed by atoms with van der Waals surface area (Å²) in [5.74, 6) is -0.586. The first kappa shape index (κ1) is 40.3. The van der Waals surface area contributed by atoms with Gasteiger partial charge in [0.15, 0.2) is 0 Å². The van der Waals surface area contributed by atoms with Gasteiger partial charge in [-0.15, -0.1) is 0 Å². The third kappa shape index (κ3) is 14.8. The second-order valence-corrected chi connectivity index (χ2v) is 10.3. The molecule has 50 heavy (non-hydrogen) atoms. The Morgan fingerprint density at radius 2 is 0.940 bits per heavy atom. The van der Waals surface area contributed by atoms with Crippen molar-refractivity contribution in [2.75, 3.05) is 124 Å². The molecule has 0 radical (unpaired) electrons. The summed E-state index contributed by atoms with van der Waals surface area (Å²) in [6, 6.07) is 10.2. The van der Waals surface area contributed by atoms with E-state index in [4.69, 9.17) is 37.9 Å². The Bertz CT molecular complexity index is 1310. The molecule has 0 saturated heterocycles. The first-order chi connectivity index (χ1) is 24.4. The molecular weight excluding hydrogens is 664 g/mol. The monoisotopic (exact) mass is 708 g/mol. The molecule has 276 valence electrons. The molecule has 2 aromatic carbocycles. The normalized spacial score (nSPS) is 12.4. The van der Waals surface area contributed by atoms with Gasteiger partial charge >= 0.3 is 0 Å². The smallest absolute Gasteiger partial charge is 0.299 e. The zero-order chi connectivity index (χ0) is 35.8. The van der Waals surface area contributed by atoms with Crippen LogP contribution in [0.25, 0.3) is 0 Å². The lowest BCUT2D eigenvalue weighted by Gasteiger charge is -2.13. The van der Waals surface area contributed by atoms with Crippen molar-refractivity contribution in [2.24, 2.45) is 0 Å². The van der Waals surface area contributed by atoms with Crippen molar-refractivity contribution in [3.8, 4) is 0 Å². The van der Waals surface area contributed by atoms with Crippen LogP contribution in [0.5, 0.6) is 0 Å². The van der Waals surface area contributed by atoms with Gasteiger partial charge in [-0.05, 0) is 18.2 Å². The first-order valence-electron chi connectivity index (χ1n) is 16.1. The minimum Gasteiger partial charge on any atom is -0.377 e. The summed E-state index contributed by atoms with van der Waals surface area (Å²) in [4.78, 5) is 46.4. The first-order valence-corrected chi connectivity index (χ1v) is 16.1. The molecule has 1 heterocycles. The van der Waals surface area contributed by atoms with Gasteiger partial charge in [-0.25, -0.2) is 0 Å². The van der Waals surface area contributed by atoms with Crippen molar-refractivity contribution in [3.63, 3.8) is 0 Å². The minimum atomic E-state index is -0.686. The van der Waals surface area contributed by atoms with Gasteiger partial charge in [-0.1, -0.05) is 12.1 Å². The van der Waals surface area contributed by atoms with Gasteiger partial charge < -0.3 is 43.2 Å². The predicted molar refractivity (Wildman–Crippen MR) is 177 cm³/mol. The summed E-state index contributed by atoms with van der Waals surface area (Å²) in [5, 5.41) is 24.8. The van der Waals surface area contributed by atoms with Crippen molar-refractivity contribution in [1.82, 2.24) is 4.90 Å². The van der Waals surface area contributed by atoms with E-state index in [0.29, 0.717) is 104 Å². The Balaban J connectivity index is 0.984. The Labute approximate surface area is 289 Å². The summed E-state index contributed by atoms with van der Waals surface area (Å²) < 4.78 is 43.5. The Morgan fingerprint density at radius 1 is 0.540 bits per heavy atom. The van der Waals surface area contributed by atoms with E-state index >= 15 is 0 Å². The number of carbonyl (C=O) groups excluding carboxylic acids is 2. The molecule has 0 aliphatic carbocycles. The molecule has 1 aliphatic rings. The Kier molecular flexibility index (Phi) is 19.4. The maximum atomic E-state index is 12.3. The number of anilines is 1. The van der Waals surface area contributed by atoms with E-state index < -0.39 is 9.85 Å². The van der Waals surface area contributed by atoms with Gasteiger partial charge in [-0.3, -0.25) is 34.7 Å². The highest BCUT2D eigenvalue weighted by atomic mass is 16.6. The van der Waals surface area contributed by atoms with E-state index in [0.717, 1.165) is 6.07 Å². The molecule has 1 N–H and O–H groups in total. The molecule has 0 atom stereocenters. The fourth-order valence-corrected chi connectivity index (χ4v) is 4.43. The van der Waals surface area contributed by atoms with E-state index in [1.165, 1.54) is 17.0 Å². The summed E-state index contributed by atoms with van der Waals surface area (Å²) in [7, 11) is 0. The Hall–Kier alpha value is -4.14. The van der Waals surface area contributed by atoms with Crippen LogP contribution in [0.2, 0.25) is 0 Å². The average molecular weight is 709 g/mol. The molecule has 3 rings (SSSR count). The summed E-state index contributed by atoms with van der Waals surface area (Å²) in [6.07, 6.45) is 0. The summed E-state index contributed by atoms with van der Waals surface area (Å²) in [5.41, 5.74) is 0.308. The summed E-state index contributed by atoms with van der Waals surface area (Å²) in [6.45, 7) is 6.56. The molecule has 18 nitrogen and oxygen atoms in total. The zero-order valence-corrected chi connectivity index (χ0v) is 27.8. The SMILES string of the molecule is O=C1c2ccccc2C(=O)N1CCOCCOCCOCCOCCOCCOCCOCCOCCNc1ccc([N+](=O)[O-])cc1[N+](=O)[O-]. The number of nitrogens with one attached hydrogen (secondary N) is 1. The standard InChI is InChI=1S/C32H44N4O14/c37-31-27-3-1-2-4-28(27)32(38)34(31)8-10-44-12-14-46-16-18-48-20-22-50-24-23-49-21-19-47-17-15-45-13-11-43-9-7-33-29-6-5-26(35(39)40)25-30(29)36(41)42/h1-6,25,33H,7-24H2. The van der Waals surface area contributed by atoms with Crippen molar-refractivity contribution in [2.45, 2.75) is 0 Å². The van der Waals surface area contributed by atoms with Gasteiger partial charge in [-0.2, -0.15) is 0 Å². The van der Waals surface area contributed by atoms with Crippen LogP contribution in [-0.2, 0) is 37.9 Å². The number of ether oxygens (including phenoxy) is 8. The fourth-order valence-electron chi connectivity index (χ4n) is 4.43. The Morgan fingerprint density at radius 3 is 1.34 bits per heavy atom. The lowest BCUT2D eigenvalue weighted by atomic mass is 10.1. The van der Waals surface area contributed by atoms with Crippen LogP contribution in [0.15, 0.2) is 42.5 Å². The van der Waals surface area contributed by atoms with E-state index in [9.17, 15) is 29.8 Å². The number of nitro benzene ring substituents is 2. The molecule has 0 saturated carbocycles. The summed E-state index contributed by atoms with van der Waals surface area (Å²) >= 11 is 0. The molecule has 0 aromatic heterocycles. The lowest BCUT2D eigenvalue weighted by Crippen LogP contribution is -2.33. The third-order valence-corrected chi connectivity index (χ3v) is 6.89. The highest BCUT2D eigenvalue weighted by Crippen LogP contribution is 2.28. The number of non-ortho nitro benzene ring substituents is 1. The van der Waals surface area contributed by atoms with Crippen molar-refractivity contribution in [3.05, 3.63) is 73.8 Å². The number of nitro groups is 2. The number of nitrogens with zero attached hydrogens (tertiary/aromatic N) is 3. The number of benzene rings is 2. The topological polar surface area (TPSA) is 210 Å². The number of imide groups is 1. The highest BCUT2D eigenvalue weighted by Gasteiger charge is 2.34. The van der Waals surface area contributed by atoms with Crippen molar-refractivity contribution >= 4 is 28.9 Å². The average Bonchev–Trinajstić information content (AvgIpc) is 3.35. The minimum absolute atomic E-state index is 0.178. The van der Waals surface area contributed by atoms with Gasteiger partial charge in [0.1, 0.15) is 5.69 Å². The lowest BCUT2D eigenvalue weighted by molar-refractivity contribution is -0.393. The van der Waals surface area contributed by atoms with Crippen LogP contribution in [0.1, 0.15) is 20.7 Å². The van der Waals surface area contributed by atoms with Crippen LogP contribution in [0.4, 0.5) is 17.1 Å². The largest absolute Gasteiger partial charge is 0.377 e. The number of carbonyl (C=O) groups is 2. The number of hydrogen-bond donors (Lipinski definition) is 1. The third-order valence-electron chi connectivity index (χ3n) is 6.89.